The predicted octanol–water partition coefficient (Wildman–Crippen LogP) is 5.05. The van der Waals surface area contributed by atoms with Gasteiger partial charge in [-0.15, -0.1) is 6.42 Å². The lowest BCUT2D eigenvalue weighted by Crippen LogP contribution is -2.26. The molecule has 0 aliphatic carbocycles. The van der Waals surface area contributed by atoms with E-state index in [9.17, 15) is 13.2 Å². The molecule has 5 aromatic rings. The molecule has 1 heterocycles. The minimum absolute atomic E-state index is 0.109. The lowest BCUT2D eigenvalue weighted by molar-refractivity contribution is 0.0998. The Hall–Kier alpha value is -4.03. The monoisotopic (exact) mass is 525 g/mol. The molecule has 0 spiro atoms. The van der Waals surface area contributed by atoms with Gasteiger partial charge in [0, 0.05) is 24.5 Å². The first kappa shape index (κ1) is 24.7. The van der Waals surface area contributed by atoms with Gasteiger partial charge in [0.15, 0.2) is 4.80 Å². The highest BCUT2D eigenvalue weighted by atomic mass is 32.2. The van der Waals surface area contributed by atoms with Crippen molar-refractivity contribution in [3.63, 3.8) is 0 Å². The fourth-order valence-electron chi connectivity index (χ4n) is 4.15. The van der Waals surface area contributed by atoms with E-state index in [1.165, 1.54) is 47.0 Å². The molecule has 0 saturated carbocycles. The van der Waals surface area contributed by atoms with Gasteiger partial charge in [-0.2, -0.15) is 9.30 Å². The number of terminal acetylenes is 1. The number of carbonyl (C=O) groups excluding carboxylic acids is 1. The van der Waals surface area contributed by atoms with Gasteiger partial charge in [-0.1, -0.05) is 77.9 Å². The maximum atomic E-state index is 13.1. The van der Waals surface area contributed by atoms with Gasteiger partial charge in [0.1, 0.15) is 0 Å². The lowest BCUT2D eigenvalue weighted by Gasteiger charge is -2.17. The molecule has 5 rings (SSSR count). The van der Waals surface area contributed by atoms with Crippen LogP contribution >= 0.6 is 11.3 Å². The second kappa shape index (κ2) is 10.1. The van der Waals surface area contributed by atoms with Gasteiger partial charge in [-0.05, 0) is 41.3 Å². The van der Waals surface area contributed by atoms with E-state index in [-0.39, 0.29) is 18.0 Å². The van der Waals surface area contributed by atoms with Crippen LogP contribution in [0.1, 0.15) is 15.9 Å². The highest BCUT2D eigenvalue weighted by Gasteiger charge is 2.21. The van der Waals surface area contributed by atoms with Crippen molar-refractivity contribution in [2.24, 2.45) is 4.99 Å². The summed E-state index contributed by atoms with van der Waals surface area (Å²) in [6.45, 7) is 0.518. The van der Waals surface area contributed by atoms with Crippen LogP contribution in [0.15, 0.2) is 101 Å². The Bertz CT molecular complexity index is 1830. The number of hydrogen-bond acceptors (Lipinski definition) is 4. The predicted molar refractivity (Wildman–Crippen MR) is 148 cm³/mol. The summed E-state index contributed by atoms with van der Waals surface area (Å²) in [5.74, 6) is 2.17. The quantitative estimate of drug-likeness (QED) is 0.291. The maximum Gasteiger partial charge on any atom is 0.279 e. The number of rotatable bonds is 6. The van der Waals surface area contributed by atoms with Crippen LogP contribution in [0.5, 0.6) is 0 Å². The first-order valence-corrected chi connectivity index (χ1v) is 13.8. The van der Waals surface area contributed by atoms with Crippen molar-refractivity contribution >= 4 is 48.3 Å². The summed E-state index contributed by atoms with van der Waals surface area (Å²) in [7, 11) is -2.19. The van der Waals surface area contributed by atoms with Gasteiger partial charge in [0.05, 0.1) is 21.7 Å². The summed E-state index contributed by atoms with van der Waals surface area (Å²) < 4.78 is 30.2. The van der Waals surface area contributed by atoms with Crippen molar-refractivity contribution in [1.82, 2.24) is 8.87 Å². The third-order valence-corrected chi connectivity index (χ3v) is 9.02. The highest BCUT2D eigenvalue weighted by Crippen LogP contribution is 2.27. The van der Waals surface area contributed by atoms with Gasteiger partial charge in [0.2, 0.25) is 10.0 Å². The molecular formula is C29H23N3O3S2. The summed E-state index contributed by atoms with van der Waals surface area (Å²) in [4.78, 5) is 18.0. The minimum atomic E-state index is -3.72. The van der Waals surface area contributed by atoms with Crippen LogP contribution in [0.4, 0.5) is 0 Å². The summed E-state index contributed by atoms with van der Waals surface area (Å²) >= 11 is 1.41. The second-order valence-electron chi connectivity index (χ2n) is 8.50. The maximum absolute atomic E-state index is 13.1. The smallest absolute Gasteiger partial charge is 0.279 e. The standard InChI is InChI=1S/C29H23N3O3S2/c1-3-19-32-26-18-15-22-11-7-8-12-25(22)27(26)36-29(32)30-28(33)23-13-16-24(17-14-23)37(34,35)31(2)20-21-9-5-4-6-10-21/h1,4-18H,19-20H2,2H3. The topological polar surface area (TPSA) is 71.7 Å². The molecule has 0 N–H and O–H groups in total. The molecule has 0 bridgehead atoms. The summed E-state index contributed by atoms with van der Waals surface area (Å²) in [5, 5.41) is 2.16. The molecule has 0 aliphatic heterocycles. The van der Waals surface area contributed by atoms with E-state index in [0.29, 0.717) is 10.4 Å². The third kappa shape index (κ3) is 4.85. The Kier molecular flexibility index (Phi) is 6.76. The summed E-state index contributed by atoms with van der Waals surface area (Å²) in [5.41, 5.74) is 2.09. The molecule has 184 valence electrons. The number of amides is 1. The zero-order chi connectivity index (χ0) is 26.0. The lowest BCUT2D eigenvalue weighted by atomic mass is 10.1. The molecule has 0 unspecified atom stereocenters. The number of fused-ring (bicyclic) bond motifs is 3. The van der Waals surface area contributed by atoms with Gasteiger partial charge < -0.3 is 4.57 Å². The van der Waals surface area contributed by atoms with Crippen molar-refractivity contribution in [1.29, 1.82) is 0 Å². The molecule has 0 fully saturated rings. The van der Waals surface area contributed by atoms with Gasteiger partial charge in [-0.25, -0.2) is 8.42 Å². The Morgan fingerprint density at radius 1 is 0.973 bits per heavy atom. The van der Waals surface area contributed by atoms with Crippen molar-refractivity contribution in [2.45, 2.75) is 18.0 Å². The fourth-order valence-corrected chi connectivity index (χ4v) is 6.48. The van der Waals surface area contributed by atoms with Crippen LogP contribution < -0.4 is 4.80 Å². The number of hydrogen-bond donors (Lipinski definition) is 0. The van der Waals surface area contributed by atoms with E-state index in [1.54, 1.807) is 0 Å². The Balaban J connectivity index is 1.46. The van der Waals surface area contributed by atoms with E-state index >= 15 is 0 Å². The fraction of sp³-hybridized carbons (Fsp3) is 0.103. The number of nitrogens with zero attached hydrogens (tertiary/aromatic N) is 3. The van der Waals surface area contributed by atoms with E-state index in [4.69, 9.17) is 6.42 Å². The number of carbonyl (C=O) groups is 1. The zero-order valence-electron chi connectivity index (χ0n) is 20.0. The normalized spacial score (nSPS) is 12.3. The van der Waals surface area contributed by atoms with E-state index in [2.05, 4.69) is 10.9 Å². The first-order valence-electron chi connectivity index (χ1n) is 11.5. The molecule has 8 heteroatoms. The van der Waals surface area contributed by atoms with Crippen LogP contribution in [0.2, 0.25) is 0 Å². The molecule has 0 saturated heterocycles. The molecule has 37 heavy (non-hydrogen) atoms. The minimum Gasteiger partial charge on any atom is -0.305 e. The summed E-state index contributed by atoms with van der Waals surface area (Å²) in [6, 6.07) is 27.3. The van der Waals surface area contributed by atoms with Crippen molar-refractivity contribution in [2.75, 3.05) is 7.05 Å². The Morgan fingerprint density at radius 2 is 1.68 bits per heavy atom. The molecule has 0 atom stereocenters. The zero-order valence-corrected chi connectivity index (χ0v) is 21.7. The molecule has 4 aromatic carbocycles. The number of thiazole rings is 1. The first-order chi connectivity index (χ1) is 17.9. The van der Waals surface area contributed by atoms with Gasteiger partial charge in [-0.3, -0.25) is 4.79 Å². The average molecular weight is 526 g/mol. The second-order valence-corrected chi connectivity index (χ2v) is 11.5. The van der Waals surface area contributed by atoms with Crippen LogP contribution in [0.3, 0.4) is 0 Å². The van der Waals surface area contributed by atoms with Gasteiger partial charge in [0.25, 0.3) is 5.91 Å². The number of sulfonamides is 1. The molecule has 0 aliphatic rings. The molecule has 1 amide bonds. The van der Waals surface area contributed by atoms with Crippen molar-refractivity contribution in [3.05, 3.63) is 107 Å². The van der Waals surface area contributed by atoms with E-state index < -0.39 is 15.9 Å². The molecule has 1 aromatic heterocycles. The van der Waals surface area contributed by atoms with E-state index in [1.807, 2.05) is 71.3 Å². The van der Waals surface area contributed by atoms with Crippen LogP contribution in [-0.4, -0.2) is 30.2 Å². The molecule has 6 nitrogen and oxygen atoms in total. The van der Waals surface area contributed by atoms with Crippen LogP contribution in [0, 0.1) is 12.3 Å². The van der Waals surface area contributed by atoms with Gasteiger partial charge >= 0.3 is 0 Å². The number of benzene rings is 4. The largest absolute Gasteiger partial charge is 0.305 e. The van der Waals surface area contributed by atoms with Crippen LogP contribution in [0.25, 0.3) is 21.0 Å². The molecular weight excluding hydrogens is 502 g/mol. The SMILES string of the molecule is C#CCn1c(=NC(=O)c2ccc(S(=O)(=O)N(C)Cc3ccccc3)cc2)sc2c3ccccc3ccc21. The van der Waals surface area contributed by atoms with Crippen molar-refractivity contribution in [3.8, 4) is 12.3 Å². The van der Waals surface area contributed by atoms with Crippen LogP contribution in [-0.2, 0) is 23.1 Å². The number of aromatic nitrogens is 1. The Labute approximate surface area is 219 Å². The third-order valence-electron chi connectivity index (χ3n) is 6.08. The highest BCUT2D eigenvalue weighted by molar-refractivity contribution is 7.89. The van der Waals surface area contributed by atoms with E-state index in [0.717, 1.165) is 26.6 Å². The average Bonchev–Trinajstić information content (AvgIpc) is 3.26. The molecule has 0 radical (unpaired) electrons. The Morgan fingerprint density at radius 3 is 2.41 bits per heavy atom. The van der Waals surface area contributed by atoms with Crippen molar-refractivity contribution < 1.29 is 13.2 Å². The summed E-state index contributed by atoms with van der Waals surface area (Å²) in [6.07, 6.45) is 5.61.